The second kappa shape index (κ2) is 7.55. The number of aromatic nitrogens is 3. The largest absolute Gasteiger partial charge is 0.322 e. The van der Waals surface area contributed by atoms with Crippen molar-refractivity contribution in [3.05, 3.63) is 93.2 Å². The number of nitrogens with one attached hydrogen (secondary N) is 1. The van der Waals surface area contributed by atoms with Crippen molar-refractivity contribution in [1.29, 1.82) is 0 Å². The van der Waals surface area contributed by atoms with Crippen LogP contribution < -0.4 is 10.9 Å². The third kappa shape index (κ3) is 3.59. The summed E-state index contributed by atoms with van der Waals surface area (Å²) in [6, 6.07) is 14.7. The molecular formula is C24H22N4O2. The maximum Gasteiger partial charge on any atom is 0.267 e. The molecule has 0 saturated heterocycles. The number of benzene rings is 2. The standard InChI is InChI=1S/C24H22N4O2/c1-14-10-15(2)12-18(11-14)23(29)27-21-8-7-19(13-16(21)3)28-17(4)26-22-20(24(28)30)6-5-9-25-22/h5-13H,1-4H3,(H,27,29). The van der Waals surface area contributed by atoms with Crippen molar-refractivity contribution in [3.8, 4) is 5.69 Å². The summed E-state index contributed by atoms with van der Waals surface area (Å²) in [6.45, 7) is 7.62. The molecule has 0 bridgehead atoms. The maximum atomic E-state index is 13.0. The fraction of sp³-hybridized carbons (Fsp3) is 0.167. The molecule has 0 unspecified atom stereocenters. The number of aryl methyl sites for hydroxylation is 4. The minimum Gasteiger partial charge on any atom is -0.322 e. The average Bonchev–Trinajstić information content (AvgIpc) is 2.69. The summed E-state index contributed by atoms with van der Waals surface area (Å²) < 4.78 is 1.56. The Hall–Kier alpha value is -3.80. The number of carbonyl (C=O) groups is 1. The van der Waals surface area contributed by atoms with E-state index in [1.807, 2.05) is 57.2 Å². The highest BCUT2D eigenvalue weighted by Gasteiger charge is 2.13. The van der Waals surface area contributed by atoms with Gasteiger partial charge in [0.15, 0.2) is 5.65 Å². The van der Waals surface area contributed by atoms with Gasteiger partial charge in [0.05, 0.1) is 11.1 Å². The number of anilines is 1. The lowest BCUT2D eigenvalue weighted by molar-refractivity contribution is 0.102. The van der Waals surface area contributed by atoms with Crippen LogP contribution in [0.25, 0.3) is 16.7 Å². The van der Waals surface area contributed by atoms with E-state index >= 15 is 0 Å². The molecule has 30 heavy (non-hydrogen) atoms. The number of hydrogen-bond donors (Lipinski definition) is 1. The summed E-state index contributed by atoms with van der Waals surface area (Å²) in [5, 5.41) is 3.43. The Labute approximate surface area is 174 Å². The van der Waals surface area contributed by atoms with Gasteiger partial charge in [-0.1, -0.05) is 17.2 Å². The van der Waals surface area contributed by atoms with Crippen LogP contribution in [0.4, 0.5) is 5.69 Å². The molecule has 0 spiro atoms. The number of pyridine rings is 1. The summed E-state index contributed by atoms with van der Waals surface area (Å²) >= 11 is 0. The van der Waals surface area contributed by atoms with Crippen molar-refractivity contribution in [2.75, 3.05) is 5.32 Å². The Morgan fingerprint density at radius 1 is 0.967 bits per heavy atom. The van der Waals surface area contributed by atoms with Crippen molar-refractivity contribution >= 4 is 22.6 Å². The Morgan fingerprint density at radius 2 is 1.70 bits per heavy atom. The first-order chi connectivity index (χ1) is 14.3. The highest BCUT2D eigenvalue weighted by molar-refractivity contribution is 6.05. The van der Waals surface area contributed by atoms with E-state index in [0.29, 0.717) is 33.8 Å². The summed E-state index contributed by atoms with van der Waals surface area (Å²) in [7, 11) is 0. The summed E-state index contributed by atoms with van der Waals surface area (Å²) in [4.78, 5) is 34.3. The molecule has 6 nitrogen and oxygen atoms in total. The van der Waals surface area contributed by atoms with Gasteiger partial charge >= 0.3 is 0 Å². The molecule has 0 radical (unpaired) electrons. The van der Waals surface area contributed by atoms with Crippen LogP contribution >= 0.6 is 0 Å². The molecule has 4 rings (SSSR count). The van der Waals surface area contributed by atoms with E-state index in [2.05, 4.69) is 15.3 Å². The molecule has 0 atom stereocenters. The molecule has 1 amide bonds. The SMILES string of the molecule is Cc1cc(C)cc(C(=O)Nc2ccc(-n3c(C)nc4ncccc4c3=O)cc2C)c1. The molecule has 2 heterocycles. The van der Waals surface area contributed by atoms with Crippen LogP contribution in [-0.2, 0) is 0 Å². The second-order valence-corrected chi connectivity index (χ2v) is 7.50. The van der Waals surface area contributed by atoms with Crippen molar-refractivity contribution < 1.29 is 4.79 Å². The predicted octanol–water partition coefficient (Wildman–Crippen LogP) is 4.27. The zero-order valence-electron chi connectivity index (χ0n) is 17.4. The lowest BCUT2D eigenvalue weighted by atomic mass is 10.1. The van der Waals surface area contributed by atoms with Gasteiger partial charge in [-0.3, -0.25) is 14.2 Å². The Kier molecular flexibility index (Phi) is 4.91. The van der Waals surface area contributed by atoms with Gasteiger partial charge in [-0.25, -0.2) is 9.97 Å². The first-order valence-corrected chi connectivity index (χ1v) is 9.68. The number of amides is 1. The van der Waals surface area contributed by atoms with Gasteiger partial charge in [-0.15, -0.1) is 0 Å². The summed E-state index contributed by atoms with van der Waals surface area (Å²) in [5.41, 5.74) is 5.21. The lowest BCUT2D eigenvalue weighted by Gasteiger charge is -2.14. The predicted molar refractivity (Wildman–Crippen MR) is 118 cm³/mol. The average molecular weight is 398 g/mol. The molecule has 1 N–H and O–H groups in total. The van der Waals surface area contributed by atoms with Crippen LogP contribution in [0.1, 0.15) is 32.9 Å². The molecule has 2 aromatic carbocycles. The smallest absolute Gasteiger partial charge is 0.267 e. The lowest BCUT2D eigenvalue weighted by Crippen LogP contribution is -2.23. The molecule has 0 aliphatic rings. The third-order valence-electron chi connectivity index (χ3n) is 5.01. The van der Waals surface area contributed by atoms with Crippen molar-refractivity contribution in [3.63, 3.8) is 0 Å². The number of rotatable bonds is 3. The van der Waals surface area contributed by atoms with Crippen molar-refractivity contribution in [2.45, 2.75) is 27.7 Å². The van der Waals surface area contributed by atoms with Gasteiger partial charge in [0.25, 0.3) is 11.5 Å². The minimum atomic E-state index is -0.169. The Morgan fingerprint density at radius 3 is 2.40 bits per heavy atom. The van der Waals surface area contributed by atoms with Crippen LogP contribution in [0.3, 0.4) is 0 Å². The van der Waals surface area contributed by atoms with Crippen molar-refractivity contribution in [2.24, 2.45) is 0 Å². The highest BCUT2D eigenvalue weighted by Crippen LogP contribution is 2.21. The van der Waals surface area contributed by atoms with Crippen LogP contribution in [0.5, 0.6) is 0 Å². The Bertz CT molecular complexity index is 1340. The topological polar surface area (TPSA) is 76.9 Å². The molecule has 4 aromatic rings. The Balaban J connectivity index is 1.70. The zero-order chi connectivity index (χ0) is 21.4. The second-order valence-electron chi connectivity index (χ2n) is 7.50. The van der Waals surface area contributed by atoms with E-state index in [1.165, 1.54) is 0 Å². The van der Waals surface area contributed by atoms with E-state index in [0.717, 1.165) is 16.7 Å². The van der Waals surface area contributed by atoms with Gasteiger partial charge in [0, 0.05) is 17.4 Å². The van der Waals surface area contributed by atoms with Crippen LogP contribution in [0, 0.1) is 27.7 Å². The van der Waals surface area contributed by atoms with E-state index < -0.39 is 0 Å². The molecular weight excluding hydrogens is 376 g/mol. The normalized spacial score (nSPS) is 10.9. The molecule has 150 valence electrons. The molecule has 6 heteroatoms. The quantitative estimate of drug-likeness (QED) is 0.559. The van der Waals surface area contributed by atoms with E-state index in [9.17, 15) is 9.59 Å². The minimum absolute atomic E-state index is 0.163. The van der Waals surface area contributed by atoms with Gasteiger partial charge < -0.3 is 5.32 Å². The van der Waals surface area contributed by atoms with E-state index in [4.69, 9.17) is 0 Å². The van der Waals surface area contributed by atoms with Gasteiger partial charge in [0.1, 0.15) is 5.82 Å². The molecule has 0 aliphatic carbocycles. The monoisotopic (exact) mass is 398 g/mol. The van der Waals surface area contributed by atoms with Crippen LogP contribution in [0.2, 0.25) is 0 Å². The maximum absolute atomic E-state index is 13.0. The van der Waals surface area contributed by atoms with Crippen LogP contribution in [-0.4, -0.2) is 20.4 Å². The molecule has 0 saturated carbocycles. The molecule has 0 fully saturated rings. The van der Waals surface area contributed by atoms with Crippen molar-refractivity contribution in [1.82, 2.24) is 14.5 Å². The first kappa shape index (κ1) is 19.5. The summed E-state index contributed by atoms with van der Waals surface area (Å²) in [6.07, 6.45) is 1.62. The van der Waals surface area contributed by atoms with Gasteiger partial charge in [-0.05, 0) is 75.7 Å². The molecule has 2 aromatic heterocycles. The molecule has 0 aliphatic heterocycles. The number of fused-ring (bicyclic) bond motifs is 1. The van der Waals surface area contributed by atoms with E-state index in [1.54, 1.807) is 29.8 Å². The van der Waals surface area contributed by atoms with Crippen LogP contribution in [0.15, 0.2) is 59.5 Å². The fourth-order valence-corrected chi connectivity index (χ4v) is 3.66. The number of nitrogens with zero attached hydrogens (tertiary/aromatic N) is 3. The third-order valence-corrected chi connectivity index (χ3v) is 5.01. The number of carbonyl (C=O) groups excluding carboxylic acids is 1. The highest BCUT2D eigenvalue weighted by atomic mass is 16.1. The van der Waals surface area contributed by atoms with Gasteiger partial charge in [0.2, 0.25) is 0 Å². The van der Waals surface area contributed by atoms with E-state index in [-0.39, 0.29) is 11.5 Å². The number of hydrogen-bond acceptors (Lipinski definition) is 4. The zero-order valence-corrected chi connectivity index (χ0v) is 17.4. The first-order valence-electron chi connectivity index (χ1n) is 9.68. The summed E-state index contributed by atoms with van der Waals surface area (Å²) in [5.74, 6) is 0.391. The fourth-order valence-electron chi connectivity index (χ4n) is 3.66. The van der Waals surface area contributed by atoms with Gasteiger partial charge in [-0.2, -0.15) is 0 Å².